The van der Waals surface area contributed by atoms with E-state index in [1.807, 2.05) is 9.80 Å². The molecule has 3 aliphatic heterocycles. The van der Waals surface area contributed by atoms with Gasteiger partial charge in [0.25, 0.3) is 0 Å². The molecule has 1 atom stereocenters. The van der Waals surface area contributed by atoms with Gasteiger partial charge >= 0.3 is 6.03 Å². The number of amides is 3. The van der Waals surface area contributed by atoms with Crippen molar-refractivity contribution in [2.24, 2.45) is 5.92 Å². The van der Waals surface area contributed by atoms with Crippen molar-refractivity contribution in [2.45, 2.75) is 104 Å². The van der Waals surface area contributed by atoms with Crippen molar-refractivity contribution in [3.05, 3.63) is 59.7 Å². The van der Waals surface area contributed by atoms with Gasteiger partial charge in [-0.05, 0) is 102 Å². The van der Waals surface area contributed by atoms with Gasteiger partial charge in [0.1, 0.15) is 6.04 Å². The minimum absolute atomic E-state index is 0.0724. The van der Waals surface area contributed by atoms with Gasteiger partial charge in [-0.3, -0.25) is 4.79 Å². The Morgan fingerprint density at radius 2 is 1.20 bits per heavy atom. The predicted molar refractivity (Wildman–Crippen MR) is 187 cm³/mol. The van der Waals surface area contributed by atoms with E-state index in [4.69, 9.17) is 0 Å². The molecule has 2 aromatic carbocycles. The van der Waals surface area contributed by atoms with Crippen LogP contribution in [0.5, 0.6) is 0 Å². The van der Waals surface area contributed by atoms with E-state index >= 15 is 0 Å². The second kappa shape index (κ2) is 18.0. The third-order valence-corrected chi connectivity index (χ3v) is 9.19. The summed E-state index contributed by atoms with van der Waals surface area (Å²) in [4.78, 5) is 30.0. The highest BCUT2D eigenvalue weighted by atomic mass is 16.2. The Morgan fingerprint density at radius 3 is 1.69 bits per heavy atom. The highest BCUT2D eigenvalue weighted by molar-refractivity contribution is 5.87. The van der Waals surface area contributed by atoms with Gasteiger partial charge in [0.15, 0.2) is 0 Å². The summed E-state index contributed by atoms with van der Waals surface area (Å²) < 4.78 is 0. The summed E-state index contributed by atoms with van der Waals surface area (Å²) in [7, 11) is 0. The van der Waals surface area contributed by atoms with Crippen LogP contribution in [0.1, 0.15) is 82.8 Å². The lowest BCUT2D eigenvalue weighted by Gasteiger charge is -2.36. The van der Waals surface area contributed by atoms with Crippen LogP contribution in [0.25, 0.3) is 0 Å². The van der Waals surface area contributed by atoms with E-state index in [1.165, 1.54) is 42.5 Å². The van der Waals surface area contributed by atoms with Crippen LogP contribution in [0.15, 0.2) is 48.5 Å². The summed E-state index contributed by atoms with van der Waals surface area (Å²) >= 11 is 0. The zero-order chi connectivity index (χ0) is 32.0. The van der Waals surface area contributed by atoms with Crippen LogP contribution in [-0.4, -0.2) is 79.1 Å². The van der Waals surface area contributed by atoms with E-state index in [1.54, 1.807) is 0 Å². The molecule has 8 heteroatoms. The maximum Gasteiger partial charge on any atom is 0.318 e. The van der Waals surface area contributed by atoms with Crippen LogP contribution in [0, 0.1) is 19.8 Å². The number of likely N-dealkylation sites (tertiary alicyclic amines) is 2. The van der Waals surface area contributed by atoms with Crippen molar-refractivity contribution < 1.29 is 9.59 Å². The summed E-state index contributed by atoms with van der Waals surface area (Å²) in [5, 5.41) is 13.6. The molecule has 3 amide bonds. The van der Waals surface area contributed by atoms with Gasteiger partial charge in [0, 0.05) is 49.6 Å². The van der Waals surface area contributed by atoms with Crippen molar-refractivity contribution >= 4 is 23.3 Å². The Morgan fingerprint density at radius 1 is 0.711 bits per heavy atom. The minimum Gasteiger partial charge on any atom is -0.382 e. The lowest BCUT2D eigenvalue weighted by molar-refractivity contribution is -0.134. The first kappa shape index (κ1) is 34.6. The molecule has 0 aliphatic carbocycles. The van der Waals surface area contributed by atoms with Crippen LogP contribution in [0.3, 0.4) is 0 Å². The first-order valence-corrected chi connectivity index (χ1v) is 17.5. The molecule has 8 nitrogen and oxygen atoms in total. The lowest BCUT2D eigenvalue weighted by atomic mass is 9.99. The second-order valence-electron chi connectivity index (χ2n) is 13.7. The van der Waals surface area contributed by atoms with Crippen LogP contribution >= 0.6 is 0 Å². The summed E-state index contributed by atoms with van der Waals surface area (Å²) in [6, 6.07) is 17.6. The Kier molecular flexibility index (Phi) is 13.9. The zero-order valence-electron chi connectivity index (χ0n) is 28.2. The number of hydrogen-bond donors (Lipinski definition) is 4. The van der Waals surface area contributed by atoms with Gasteiger partial charge in [-0.25, -0.2) is 4.79 Å². The van der Waals surface area contributed by atoms with Crippen LogP contribution in [-0.2, 0) is 4.79 Å². The van der Waals surface area contributed by atoms with E-state index in [9.17, 15) is 9.59 Å². The molecule has 3 heterocycles. The fourth-order valence-electron chi connectivity index (χ4n) is 6.41. The highest BCUT2D eigenvalue weighted by Crippen LogP contribution is 2.20. The van der Waals surface area contributed by atoms with Crippen molar-refractivity contribution in [2.75, 3.05) is 49.9 Å². The van der Waals surface area contributed by atoms with Gasteiger partial charge in [-0.1, -0.05) is 62.1 Å². The molecule has 4 N–H and O–H groups in total. The molecule has 0 radical (unpaired) electrons. The minimum atomic E-state index is -0.433. The highest BCUT2D eigenvalue weighted by Gasteiger charge is 2.31. The average molecular weight is 619 g/mol. The van der Waals surface area contributed by atoms with Crippen LogP contribution < -0.4 is 21.3 Å². The molecule has 5 rings (SSSR count). The van der Waals surface area contributed by atoms with E-state index in [0.29, 0.717) is 24.4 Å². The Balaban J connectivity index is 0.000000273. The molecule has 248 valence electrons. The third-order valence-electron chi connectivity index (χ3n) is 9.19. The number of nitrogens with zero attached hydrogens (tertiary/aromatic N) is 2. The fraction of sp³-hybridized carbons (Fsp3) is 0.622. The van der Waals surface area contributed by atoms with E-state index in [-0.39, 0.29) is 11.9 Å². The van der Waals surface area contributed by atoms with E-state index in [0.717, 1.165) is 70.6 Å². The zero-order valence-corrected chi connectivity index (χ0v) is 28.2. The number of benzene rings is 2. The first-order valence-electron chi connectivity index (χ1n) is 17.5. The molecule has 3 fully saturated rings. The Labute approximate surface area is 272 Å². The van der Waals surface area contributed by atoms with Gasteiger partial charge in [-0.15, -0.1) is 0 Å². The SMILES string of the molecule is Cc1ccc(NC2CCN(C(=O)[C@H](CC(C)C)NC(=O)N3CCCCCC3)CC2)cc1.Cc1ccc(NC2CCNCC2)cc1. The van der Waals surface area contributed by atoms with Crippen molar-refractivity contribution in [3.8, 4) is 0 Å². The predicted octanol–water partition coefficient (Wildman–Crippen LogP) is 6.56. The molecule has 3 aliphatic rings. The smallest absolute Gasteiger partial charge is 0.318 e. The van der Waals surface area contributed by atoms with E-state index < -0.39 is 6.04 Å². The Hall–Kier alpha value is -3.26. The number of carbonyl (C=O) groups excluding carboxylic acids is 2. The van der Waals surface area contributed by atoms with Crippen LogP contribution in [0.2, 0.25) is 0 Å². The number of anilines is 2. The maximum absolute atomic E-state index is 13.3. The summed E-state index contributed by atoms with van der Waals surface area (Å²) in [5.74, 6) is 0.421. The molecular formula is C37H58N6O2. The van der Waals surface area contributed by atoms with Gasteiger partial charge < -0.3 is 31.1 Å². The Bertz CT molecular complexity index is 1150. The average Bonchev–Trinajstić information content (AvgIpc) is 3.34. The van der Waals surface area contributed by atoms with Gasteiger partial charge in [0.05, 0.1) is 0 Å². The second-order valence-corrected chi connectivity index (χ2v) is 13.7. The molecule has 3 saturated heterocycles. The number of nitrogens with one attached hydrogen (secondary N) is 4. The first-order chi connectivity index (χ1) is 21.8. The monoisotopic (exact) mass is 618 g/mol. The fourth-order valence-corrected chi connectivity index (χ4v) is 6.41. The molecule has 0 saturated carbocycles. The van der Waals surface area contributed by atoms with Crippen LogP contribution in [0.4, 0.5) is 16.2 Å². The number of aryl methyl sites for hydroxylation is 2. The summed E-state index contributed by atoms with van der Waals surface area (Å²) in [6.45, 7) is 13.8. The molecule has 45 heavy (non-hydrogen) atoms. The quantitative estimate of drug-likeness (QED) is 0.269. The summed E-state index contributed by atoms with van der Waals surface area (Å²) in [6.07, 6.45) is 9.46. The number of piperidine rings is 2. The number of carbonyl (C=O) groups is 2. The standard InChI is InChI=1S/C25H40N4O2.C12H18N2/c1-19(2)18-23(27-25(31)29-14-6-4-5-7-15-29)24(30)28-16-12-22(13-17-28)26-21-10-8-20(3)9-11-21;1-10-2-4-11(5-3-10)14-12-6-8-13-9-7-12/h8-11,19,22-23,26H,4-7,12-18H2,1-3H3,(H,27,31);2-5,12-14H,6-9H2,1H3/t23-;/m0./s1. The molecule has 2 aromatic rings. The maximum atomic E-state index is 13.3. The summed E-state index contributed by atoms with van der Waals surface area (Å²) in [5.41, 5.74) is 4.96. The topological polar surface area (TPSA) is 88.7 Å². The lowest BCUT2D eigenvalue weighted by Crippen LogP contribution is -2.54. The normalized spacial score (nSPS) is 18.8. The molecule has 0 aromatic heterocycles. The van der Waals surface area contributed by atoms with E-state index in [2.05, 4.69) is 97.5 Å². The van der Waals surface area contributed by atoms with Gasteiger partial charge in [-0.2, -0.15) is 0 Å². The van der Waals surface area contributed by atoms with Crippen molar-refractivity contribution in [1.82, 2.24) is 20.4 Å². The molecule has 0 spiro atoms. The number of hydrogen-bond acceptors (Lipinski definition) is 5. The van der Waals surface area contributed by atoms with Crippen molar-refractivity contribution in [3.63, 3.8) is 0 Å². The van der Waals surface area contributed by atoms with Gasteiger partial charge in [0.2, 0.25) is 5.91 Å². The third kappa shape index (κ3) is 11.9. The number of urea groups is 1. The van der Waals surface area contributed by atoms with Crippen molar-refractivity contribution in [1.29, 1.82) is 0 Å². The molecule has 0 unspecified atom stereocenters. The molecule has 0 bridgehead atoms. The number of rotatable bonds is 8. The largest absolute Gasteiger partial charge is 0.382 e. The molecular weight excluding hydrogens is 560 g/mol.